The normalized spacial score (nSPS) is 11.8. The Morgan fingerprint density at radius 2 is 0.778 bits per heavy atom. The topological polar surface area (TPSA) is 48.5 Å². The second-order valence-electron chi connectivity index (χ2n) is 16.0. The van der Waals surface area contributed by atoms with Gasteiger partial charge in [-0.3, -0.25) is 0 Å². The molecule has 0 bridgehead atoms. The van der Waals surface area contributed by atoms with E-state index in [2.05, 4.69) is 161 Å². The van der Waals surface area contributed by atoms with Crippen LogP contribution in [0.5, 0.6) is 0 Å². The van der Waals surface area contributed by atoms with Crippen molar-refractivity contribution in [3.8, 4) is 56.7 Å². The van der Waals surface area contributed by atoms with Crippen LogP contribution in [0.2, 0.25) is 0 Å². The molecule has 4 aromatic heterocycles. The number of rotatable bonds is 6. The van der Waals surface area contributed by atoms with Gasteiger partial charge in [0, 0.05) is 69.8 Å². The Hall–Kier alpha value is -8.19. The maximum absolute atomic E-state index is 5.01. The molecule has 0 aliphatic rings. The van der Waals surface area contributed by atoms with Crippen LogP contribution in [0.1, 0.15) is 0 Å². The monoisotopic (exact) mass is 821 g/mol. The predicted molar refractivity (Wildman–Crippen MR) is 263 cm³/mol. The molecule has 0 saturated heterocycles. The van der Waals surface area contributed by atoms with Crippen LogP contribution < -0.4 is 0 Å². The maximum Gasteiger partial charge on any atom is 0.164 e. The summed E-state index contributed by atoms with van der Waals surface area (Å²) in [5.41, 5.74) is 12.3. The molecule has 0 atom stereocenters. The molecule has 0 fully saturated rings. The van der Waals surface area contributed by atoms with E-state index in [1.165, 1.54) is 74.9 Å². The molecule has 0 amide bonds. The molecule has 0 saturated carbocycles. The standard InChI is InChI=1S/C57H35N5S/c1-4-14-36(15-5-1)55-58-56(37-16-6-2-7-17-37)60-57(59-55)40-25-29-46-48-35-42(27-31-53(48)63-54(46)34-40)62-50-23-13-11-21-44(50)47-32-38(26-30-51(47)62)39-24-28-45-43-20-10-12-22-49(43)61(52(45)33-39)41-18-8-3-9-19-41/h1-35H. The molecule has 13 rings (SSSR count). The molecular weight excluding hydrogens is 787 g/mol. The van der Waals surface area contributed by atoms with E-state index in [1.807, 2.05) is 60.7 Å². The lowest BCUT2D eigenvalue weighted by molar-refractivity contribution is 1.07. The van der Waals surface area contributed by atoms with Crippen LogP contribution in [0.3, 0.4) is 0 Å². The van der Waals surface area contributed by atoms with Crippen LogP contribution in [0.4, 0.5) is 0 Å². The van der Waals surface area contributed by atoms with E-state index in [9.17, 15) is 0 Å². The number of hydrogen-bond acceptors (Lipinski definition) is 4. The first-order valence-electron chi connectivity index (χ1n) is 21.2. The zero-order chi connectivity index (χ0) is 41.4. The average molecular weight is 822 g/mol. The Morgan fingerprint density at radius 1 is 0.270 bits per heavy atom. The van der Waals surface area contributed by atoms with Gasteiger partial charge in [-0.25, -0.2) is 15.0 Å². The Bertz CT molecular complexity index is 3850. The molecule has 5 nitrogen and oxygen atoms in total. The summed E-state index contributed by atoms with van der Waals surface area (Å²) in [4.78, 5) is 14.9. The molecule has 0 spiro atoms. The van der Waals surface area contributed by atoms with Gasteiger partial charge in [-0.1, -0.05) is 146 Å². The predicted octanol–water partition coefficient (Wildman–Crippen LogP) is 15.1. The highest BCUT2D eigenvalue weighted by molar-refractivity contribution is 7.25. The van der Waals surface area contributed by atoms with Crippen molar-refractivity contribution in [2.45, 2.75) is 0 Å². The third-order valence-corrected chi connectivity index (χ3v) is 13.5. The maximum atomic E-state index is 5.01. The Labute approximate surface area is 366 Å². The number of para-hydroxylation sites is 3. The largest absolute Gasteiger partial charge is 0.309 e. The van der Waals surface area contributed by atoms with Crippen molar-refractivity contribution >= 4 is 75.1 Å². The van der Waals surface area contributed by atoms with Gasteiger partial charge in [-0.2, -0.15) is 0 Å². The van der Waals surface area contributed by atoms with Crippen molar-refractivity contribution in [2.24, 2.45) is 0 Å². The lowest BCUT2D eigenvalue weighted by atomic mass is 10.0. The molecule has 0 aliphatic heterocycles. The number of nitrogens with zero attached hydrogens (tertiary/aromatic N) is 5. The molecule has 0 aliphatic carbocycles. The van der Waals surface area contributed by atoms with Crippen LogP contribution in [-0.4, -0.2) is 24.1 Å². The Morgan fingerprint density at radius 3 is 1.48 bits per heavy atom. The first-order chi connectivity index (χ1) is 31.2. The fourth-order valence-electron chi connectivity index (χ4n) is 9.42. The first-order valence-corrected chi connectivity index (χ1v) is 22.0. The molecular formula is C57H35N5S. The van der Waals surface area contributed by atoms with Crippen LogP contribution >= 0.6 is 11.3 Å². The van der Waals surface area contributed by atoms with E-state index in [1.54, 1.807) is 11.3 Å². The van der Waals surface area contributed by atoms with E-state index in [0.717, 1.165) is 28.1 Å². The van der Waals surface area contributed by atoms with Crippen molar-refractivity contribution in [1.29, 1.82) is 0 Å². The second-order valence-corrected chi connectivity index (χ2v) is 17.1. The molecule has 0 radical (unpaired) electrons. The van der Waals surface area contributed by atoms with Crippen molar-refractivity contribution in [3.05, 3.63) is 212 Å². The second kappa shape index (κ2) is 14.2. The third kappa shape index (κ3) is 5.80. The minimum absolute atomic E-state index is 0.658. The quantitative estimate of drug-likeness (QED) is 0.168. The van der Waals surface area contributed by atoms with Crippen LogP contribution in [0, 0.1) is 0 Å². The van der Waals surface area contributed by atoms with E-state index in [4.69, 9.17) is 15.0 Å². The summed E-state index contributed by atoms with van der Waals surface area (Å²) in [7, 11) is 0. The first kappa shape index (κ1) is 35.6. The summed E-state index contributed by atoms with van der Waals surface area (Å²) < 4.78 is 7.24. The van der Waals surface area contributed by atoms with E-state index < -0.39 is 0 Å². The van der Waals surface area contributed by atoms with Gasteiger partial charge < -0.3 is 9.13 Å². The highest BCUT2D eigenvalue weighted by atomic mass is 32.1. The molecule has 294 valence electrons. The zero-order valence-corrected chi connectivity index (χ0v) is 34.7. The van der Waals surface area contributed by atoms with Crippen molar-refractivity contribution in [2.75, 3.05) is 0 Å². The SMILES string of the molecule is c1ccc(-c2nc(-c3ccccc3)nc(-c3ccc4c(c3)sc3ccc(-n5c6ccccc6c6cc(-c7ccc8c9ccccc9n(-c9ccccc9)c8c7)ccc65)cc34)n2)cc1. The van der Waals surface area contributed by atoms with Crippen LogP contribution in [0.25, 0.3) is 120 Å². The third-order valence-electron chi connectivity index (χ3n) is 12.4. The fourth-order valence-corrected chi connectivity index (χ4v) is 10.5. The van der Waals surface area contributed by atoms with Gasteiger partial charge in [0.15, 0.2) is 17.5 Å². The number of fused-ring (bicyclic) bond motifs is 9. The van der Waals surface area contributed by atoms with Gasteiger partial charge in [0.1, 0.15) is 0 Å². The lowest BCUT2D eigenvalue weighted by Crippen LogP contribution is -1.99. The summed E-state index contributed by atoms with van der Waals surface area (Å²) >= 11 is 1.80. The molecule has 9 aromatic carbocycles. The molecule has 0 unspecified atom stereocenters. The van der Waals surface area contributed by atoms with Gasteiger partial charge >= 0.3 is 0 Å². The summed E-state index contributed by atoms with van der Waals surface area (Å²) in [5.74, 6) is 1.98. The van der Waals surface area contributed by atoms with Crippen molar-refractivity contribution < 1.29 is 0 Å². The summed E-state index contributed by atoms with van der Waals surface area (Å²) in [5, 5.41) is 7.42. The molecule has 13 aromatic rings. The van der Waals surface area contributed by atoms with Gasteiger partial charge in [0.25, 0.3) is 0 Å². The molecule has 63 heavy (non-hydrogen) atoms. The Balaban J connectivity index is 0.919. The molecule has 6 heteroatoms. The minimum atomic E-state index is 0.658. The smallest absolute Gasteiger partial charge is 0.164 e. The number of hydrogen-bond donors (Lipinski definition) is 0. The minimum Gasteiger partial charge on any atom is -0.309 e. The van der Waals surface area contributed by atoms with E-state index in [0.29, 0.717) is 17.5 Å². The number of aromatic nitrogens is 5. The summed E-state index contributed by atoms with van der Waals surface area (Å²) in [6.07, 6.45) is 0. The van der Waals surface area contributed by atoms with Crippen molar-refractivity contribution in [1.82, 2.24) is 24.1 Å². The van der Waals surface area contributed by atoms with Crippen LogP contribution in [-0.2, 0) is 0 Å². The Kier molecular flexibility index (Phi) is 8.01. The van der Waals surface area contributed by atoms with Gasteiger partial charge in [-0.15, -0.1) is 11.3 Å². The van der Waals surface area contributed by atoms with E-state index >= 15 is 0 Å². The summed E-state index contributed by atoms with van der Waals surface area (Å²) in [6.45, 7) is 0. The fraction of sp³-hybridized carbons (Fsp3) is 0. The van der Waals surface area contributed by atoms with Gasteiger partial charge in [0.05, 0.1) is 22.1 Å². The highest BCUT2D eigenvalue weighted by Crippen LogP contribution is 2.41. The number of benzene rings is 9. The van der Waals surface area contributed by atoms with Crippen LogP contribution in [0.15, 0.2) is 212 Å². The molecule has 4 heterocycles. The van der Waals surface area contributed by atoms with Crippen molar-refractivity contribution in [3.63, 3.8) is 0 Å². The lowest BCUT2D eigenvalue weighted by Gasteiger charge is -2.10. The van der Waals surface area contributed by atoms with E-state index in [-0.39, 0.29) is 0 Å². The highest BCUT2D eigenvalue weighted by Gasteiger charge is 2.18. The van der Waals surface area contributed by atoms with Gasteiger partial charge in [-0.05, 0) is 77.9 Å². The summed E-state index contributed by atoms with van der Waals surface area (Å²) in [6, 6.07) is 75.8. The molecule has 0 N–H and O–H groups in total. The average Bonchev–Trinajstić information content (AvgIpc) is 4.01. The number of thiophene rings is 1. The zero-order valence-electron chi connectivity index (χ0n) is 33.9. The van der Waals surface area contributed by atoms with Gasteiger partial charge in [0.2, 0.25) is 0 Å².